The van der Waals surface area contributed by atoms with Crippen LogP contribution in [0.4, 0.5) is 10.5 Å². The van der Waals surface area contributed by atoms with Crippen LogP contribution in [0, 0.1) is 0 Å². The highest BCUT2D eigenvalue weighted by Crippen LogP contribution is 2.23. The van der Waals surface area contributed by atoms with Crippen LogP contribution in [0.2, 0.25) is 0 Å². The molecule has 2 aliphatic heterocycles. The van der Waals surface area contributed by atoms with E-state index in [0.29, 0.717) is 17.9 Å². The number of sulfone groups is 1. The molecule has 1 unspecified atom stereocenters. The normalized spacial score (nSPS) is 24.0. The number of nitrogens with zero attached hydrogens (tertiary/aromatic N) is 1. The smallest absolute Gasteiger partial charge is 0.329 e. The van der Waals surface area contributed by atoms with E-state index in [1.165, 1.54) is 7.11 Å². The first kappa shape index (κ1) is 19.2. The average Bonchev–Trinajstić information content (AvgIpc) is 3.11. The molecule has 4 amide bonds. The van der Waals surface area contributed by atoms with Crippen molar-refractivity contribution in [2.75, 3.05) is 23.5 Å². The van der Waals surface area contributed by atoms with Gasteiger partial charge in [0.15, 0.2) is 9.84 Å². The number of methoxy groups -OCH3 is 1. The minimum absolute atomic E-state index is 0.0175. The maximum absolute atomic E-state index is 12.5. The third kappa shape index (κ3) is 4.38. The fourth-order valence-corrected chi connectivity index (χ4v) is 4.86. The SMILES string of the molecule is COc1ccc(N2C(=O)N[C@@H](CCC(=O)NC3CCS(=O)(=O)C3)C2=O)cc1. The molecule has 2 N–H and O–H groups in total. The highest BCUT2D eigenvalue weighted by Gasteiger charge is 2.39. The van der Waals surface area contributed by atoms with Crippen LogP contribution in [-0.2, 0) is 19.4 Å². The van der Waals surface area contributed by atoms with Crippen LogP contribution < -0.4 is 20.3 Å². The summed E-state index contributed by atoms with van der Waals surface area (Å²) >= 11 is 0. The molecule has 2 atom stereocenters. The first-order valence-corrected chi connectivity index (χ1v) is 10.4. The minimum atomic E-state index is -3.07. The van der Waals surface area contributed by atoms with Crippen LogP contribution in [0.5, 0.6) is 5.75 Å². The monoisotopic (exact) mass is 395 g/mol. The molecule has 0 bridgehead atoms. The number of imide groups is 1. The number of benzene rings is 1. The zero-order valence-corrected chi connectivity index (χ0v) is 15.6. The Balaban J connectivity index is 1.54. The molecule has 1 aromatic carbocycles. The van der Waals surface area contributed by atoms with Gasteiger partial charge < -0.3 is 15.4 Å². The lowest BCUT2D eigenvalue weighted by atomic mass is 10.1. The lowest BCUT2D eigenvalue weighted by Gasteiger charge is -2.14. The molecule has 0 saturated carbocycles. The maximum Gasteiger partial charge on any atom is 0.329 e. The van der Waals surface area contributed by atoms with Crippen LogP contribution in [0.3, 0.4) is 0 Å². The number of rotatable bonds is 6. The molecule has 2 heterocycles. The molecular formula is C17H21N3O6S. The van der Waals surface area contributed by atoms with Gasteiger partial charge in [-0.05, 0) is 37.1 Å². The maximum atomic E-state index is 12.5. The van der Waals surface area contributed by atoms with Gasteiger partial charge in [-0.25, -0.2) is 18.1 Å². The number of hydrogen-bond acceptors (Lipinski definition) is 6. The zero-order valence-electron chi connectivity index (χ0n) is 14.8. The molecule has 10 heteroatoms. The number of carbonyl (C=O) groups is 3. The Morgan fingerprint density at radius 1 is 1.30 bits per heavy atom. The van der Waals surface area contributed by atoms with E-state index >= 15 is 0 Å². The van der Waals surface area contributed by atoms with E-state index < -0.39 is 27.8 Å². The number of carbonyl (C=O) groups excluding carboxylic acids is 3. The standard InChI is InChI=1S/C17H21N3O6S/c1-26-13-4-2-12(3-5-13)20-16(22)14(19-17(20)23)6-7-15(21)18-11-8-9-27(24,25)10-11/h2-5,11,14H,6-10H2,1H3,(H,18,21)(H,19,23)/t11?,14-/m0/s1. The van der Waals surface area contributed by atoms with Crippen molar-refractivity contribution in [3.63, 3.8) is 0 Å². The van der Waals surface area contributed by atoms with E-state index in [-0.39, 0.29) is 36.3 Å². The number of urea groups is 1. The lowest BCUT2D eigenvalue weighted by molar-refractivity contribution is -0.122. The van der Waals surface area contributed by atoms with Crippen LogP contribution in [0.15, 0.2) is 24.3 Å². The van der Waals surface area contributed by atoms with E-state index in [2.05, 4.69) is 10.6 Å². The molecule has 0 spiro atoms. The Hall–Kier alpha value is -2.62. The molecule has 1 aromatic rings. The minimum Gasteiger partial charge on any atom is -0.497 e. The van der Waals surface area contributed by atoms with Gasteiger partial charge in [-0.15, -0.1) is 0 Å². The molecule has 2 aliphatic rings. The molecular weight excluding hydrogens is 374 g/mol. The van der Waals surface area contributed by atoms with Crippen molar-refractivity contribution in [1.29, 1.82) is 0 Å². The van der Waals surface area contributed by atoms with Crippen LogP contribution in [0.25, 0.3) is 0 Å². The summed E-state index contributed by atoms with van der Waals surface area (Å²) in [6.07, 6.45) is 0.560. The largest absolute Gasteiger partial charge is 0.497 e. The van der Waals surface area contributed by atoms with Gasteiger partial charge in [-0.3, -0.25) is 9.59 Å². The molecule has 0 aliphatic carbocycles. The number of ether oxygens (including phenoxy) is 1. The van der Waals surface area contributed by atoms with Crippen LogP contribution >= 0.6 is 0 Å². The fraction of sp³-hybridized carbons (Fsp3) is 0.471. The number of anilines is 1. The van der Waals surface area contributed by atoms with Gasteiger partial charge >= 0.3 is 6.03 Å². The van der Waals surface area contributed by atoms with Crippen molar-refractivity contribution in [3.8, 4) is 5.75 Å². The Kier molecular flexibility index (Phi) is 5.36. The third-order valence-electron chi connectivity index (χ3n) is 4.61. The summed E-state index contributed by atoms with van der Waals surface area (Å²) in [4.78, 5) is 37.7. The molecule has 27 heavy (non-hydrogen) atoms. The Labute approximate surface area is 157 Å². The van der Waals surface area contributed by atoms with E-state index in [9.17, 15) is 22.8 Å². The summed E-state index contributed by atoms with van der Waals surface area (Å²) in [5.74, 6) is -0.133. The fourth-order valence-electron chi connectivity index (χ4n) is 3.19. The van der Waals surface area contributed by atoms with Crippen molar-refractivity contribution in [3.05, 3.63) is 24.3 Å². The van der Waals surface area contributed by atoms with Gasteiger partial charge in [0.05, 0.1) is 24.3 Å². The summed E-state index contributed by atoms with van der Waals surface area (Å²) in [5.41, 5.74) is 0.418. The van der Waals surface area contributed by atoms with Gasteiger partial charge in [-0.1, -0.05) is 0 Å². The summed E-state index contributed by atoms with van der Waals surface area (Å²) in [6.45, 7) is 0. The number of nitrogens with one attached hydrogen (secondary N) is 2. The predicted molar refractivity (Wildman–Crippen MR) is 97.2 cm³/mol. The van der Waals surface area contributed by atoms with Gasteiger partial charge in [-0.2, -0.15) is 0 Å². The van der Waals surface area contributed by atoms with Gasteiger partial charge in [0.25, 0.3) is 5.91 Å². The second kappa shape index (κ2) is 7.55. The topological polar surface area (TPSA) is 122 Å². The summed E-state index contributed by atoms with van der Waals surface area (Å²) < 4.78 is 27.9. The number of hydrogen-bond donors (Lipinski definition) is 2. The van der Waals surface area contributed by atoms with Crippen molar-refractivity contribution in [2.45, 2.75) is 31.3 Å². The Bertz CT molecular complexity index is 852. The quantitative estimate of drug-likeness (QED) is 0.664. The van der Waals surface area contributed by atoms with Gasteiger partial charge in [0, 0.05) is 12.5 Å². The first-order valence-electron chi connectivity index (χ1n) is 8.57. The summed E-state index contributed by atoms with van der Waals surface area (Å²) in [5, 5.41) is 5.24. The molecule has 146 valence electrons. The van der Waals surface area contributed by atoms with Crippen LogP contribution in [-0.4, -0.2) is 57.0 Å². The summed E-state index contributed by atoms with van der Waals surface area (Å²) in [7, 11) is -1.55. The van der Waals surface area contributed by atoms with E-state index in [1.807, 2.05) is 0 Å². The molecule has 9 nitrogen and oxygen atoms in total. The van der Waals surface area contributed by atoms with Gasteiger partial charge in [0.1, 0.15) is 11.8 Å². The molecule has 3 rings (SSSR count). The van der Waals surface area contributed by atoms with Crippen LogP contribution in [0.1, 0.15) is 19.3 Å². The predicted octanol–water partition coefficient (Wildman–Crippen LogP) is 0.204. The third-order valence-corrected chi connectivity index (χ3v) is 6.38. The second-order valence-corrected chi connectivity index (χ2v) is 8.81. The van der Waals surface area contributed by atoms with E-state index in [4.69, 9.17) is 4.74 Å². The van der Waals surface area contributed by atoms with Crippen molar-refractivity contribution in [1.82, 2.24) is 10.6 Å². The highest BCUT2D eigenvalue weighted by atomic mass is 32.2. The first-order chi connectivity index (χ1) is 12.8. The second-order valence-electron chi connectivity index (χ2n) is 6.58. The van der Waals surface area contributed by atoms with Crippen molar-refractivity contribution >= 4 is 33.4 Å². The lowest BCUT2D eigenvalue weighted by Crippen LogP contribution is -2.37. The molecule has 2 fully saturated rings. The van der Waals surface area contributed by atoms with Crippen molar-refractivity contribution < 1.29 is 27.5 Å². The Morgan fingerprint density at radius 2 is 2.00 bits per heavy atom. The molecule has 0 aromatic heterocycles. The number of amides is 4. The molecule has 2 saturated heterocycles. The Morgan fingerprint density at radius 3 is 2.59 bits per heavy atom. The van der Waals surface area contributed by atoms with E-state index in [1.54, 1.807) is 24.3 Å². The average molecular weight is 395 g/mol. The molecule has 0 radical (unpaired) electrons. The van der Waals surface area contributed by atoms with Gasteiger partial charge in [0.2, 0.25) is 5.91 Å². The van der Waals surface area contributed by atoms with Crippen molar-refractivity contribution in [2.24, 2.45) is 0 Å². The van der Waals surface area contributed by atoms with E-state index in [0.717, 1.165) is 4.90 Å². The summed E-state index contributed by atoms with van der Waals surface area (Å²) in [6, 6.07) is 4.78. The zero-order chi connectivity index (χ0) is 19.6. The highest BCUT2D eigenvalue weighted by molar-refractivity contribution is 7.91.